The van der Waals surface area contributed by atoms with Gasteiger partial charge in [-0.15, -0.1) is 0 Å². The third kappa shape index (κ3) is 2.49. The predicted molar refractivity (Wildman–Crippen MR) is 86.6 cm³/mol. The highest BCUT2D eigenvalue weighted by Gasteiger charge is 2.20. The molecule has 20 heavy (non-hydrogen) atoms. The maximum Gasteiger partial charge on any atom is 0.0455 e. The van der Waals surface area contributed by atoms with Crippen molar-refractivity contribution >= 4 is 11.4 Å². The Kier molecular flexibility index (Phi) is 3.60. The van der Waals surface area contributed by atoms with Crippen molar-refractivity contribution in [3.63, 3.8) is 0 Å². The van der Waals surface area contributed by atoms with Gasteiger partial charge in [-0.2, -0.15) is 0 Å². The Labute approximate surface area is 121 Å². The van der Waals surface area contributed by atoms with Crippen LogP contribution in [0.15, 0.2) is 60.2 Å². The third-order valence-corrected chi connectivity index (χ3v) is 4.01. The molecule has 0 spiro atoms. The molecular weight excluding hydrogens is 242 g/mol. The van der Waals surface area contributed by atoms with Crippen LogP contribution in [0.2, 0.25) is 0 Å². The second-order valence-electron chi connectivity index (χ2n) is 5.70. The van der Waals surface area contributed by atoms with Gasteiger partial charge in [-0.25, -0.2) is 0 Å². The Bertz CT molecular complexity index is 623. The third-order valence-electron chi connectivity index (χ3n) is 4.01. The fourth-order valence-electron chi connectivity index (χ4n) is 2.94. The Morgan fingerprint density at radius 1 is 0.850 bits per heavy atom. The van der Waals surface area contributed by atoms with Crippen molar-refractivity contribution in [2.75, 3.05) is 5.32 Å². The molecule has 0 aliphatic heterocycles. The maximum absolute atomic E-state index is 3.65. The number of aryl methyl sites for hydroxylation is 1. The van der Waals surface area contributed by atoms with Crippen LogP contribution < -0.4 is 5.32 Å². The molecule has 0 radical (unpaired) electrons. The van der Waals surface area contributed by atoms with Gasteiger partial charge in [-0.3, -0.25) is 0 Å². The lowest BCUT2D eigenvalue weighted by Crippen LogP contribution is -2.14. The van der Waals surface area contributed by atoms with E-state index in [9.17, 15) is 0 Å². The van der Waals surface area contributed by atoms with E-state index < -0.39 is 0 Å². The van der Waals surface area contributed by atoms with E-state index in [-0.39, 0.29) is 0 Å². The van der Waals surface area contributed by atoms with Gasteiger partial charge in [0.15, 0.2) is 0 Å². The van der Waals surface area contributed by atoms with Crippen molar-refractivity contribution in [1.82, 2.24) is 0 Å². The smallest absolute Gasteiger partial charge is 0.0455 e. The van der Waals surface area contributed by atoms with Gasteiger partial charge >= 0.3 is 0 Å². The summed E-state index contributed by atoms with van der Waals surface area (Å²) in [7, 11) is 0. The molecule has 0 unspecified atom stereocenters. The monoisotopic (exact) mass is 263 g/mol. The highest BCUT2D eigenvalue weighted by Crippen LogP contribution is 2.35. The zero-order valence-electron chi connectivity index (χ0n) is 12.2. The zero-order chi connectivity index (χ0) is 13.9. The standard InChI is InChI=1S/C19H21N/c1-14(2)17-13-12-15-8-6-7-11-18(15)19(17)20-16-9-4-3-5-10-16/h3-11,14,20H,12-13H2,1-2H3. The van der Waals surface area contributed by atoms with Crippen LogP contribution in [0.3, 0.4) is 0 Å². The fraction of sp³-hybridized carbons (Fsp3) is 0.263. The summed E-state index contributed by atoms with van der Waals surface area (Å²) in [5.74, 6) is 0.578. The summed E-state index contributed by atoms with van der Waals surface area (Å²) in [6, 6.07) is 19.2. The van der Waals surface area contributed by atoms with E-state index in [0.717, 1.165) is 18.5 Å². The molecule has 2 aromatic carbocycles. The molecule has 0 aromatic heterocycles. The Hall–Kier alpha value is -2.02. The fourth-order valence-corrected chi connectivity index (χ4v) is 2.94. The molecule has 1 aliphatic rings. The maximum atomic E-state index is 3.65. The van der Waals surface area contributed by atoms with Crippen LogP contribution >= 0.6 is 0 Å². The molecule has 102 valence electrons. The number of fused-ring (bicyclic) bond motifs is 1. The lowest BCUT2D eigenvalue weighted by molar-refractivity contribution is 0.703. The van der Waals surface area contributed by atoms with Crippen molar-refractivity contribution in [3.05, 3.63) is 71.3 Å². The Morgan fingerprint density at radius 2 is 1.55 bits per heavy atom. The van der Waals surface area contributed by atoms with Gasteiger partial charge in [0.2, 0.25) is 0 Å². The molecule has 2 aromatic rings. The zero-order valence-corrected chi connectivity index (χ0v) is 12.2. The first-order valence-electron chi connectivity index (χ1n) is 7.39. The first kappa shape index (κ1) is 13.0. The van der Waals surface area contributed by atoms with Crippen LogP contribution in [-0.2, 0) is 6.42 Å². The van der Waals surface area contributed by atoms with Crippen LogP contribution in [-0.4, -0.2) is 0 Å². The molecule has 1 heteroatoms. The minimum Gasteiger partial charge on any atom is -0.355 e. The Morgan fingerprint density at radius 3 is 2.30 bits per heavy atom. The molecule has 0 saturated carbocycles. The van der Waals surface area contributed by atoms with Gasteiger partial charge in [0, 0.05) is 16.9 Å². The van der Waals surface area contributed by atoms with E-state index in [0.29, 0.717) is 5.92 Å². The van der Waals surface area contributed by atoms with Gasteiger partial charge < -0.3 is 5.32 Å². The van der Waals surface area contributed by atoms with Crippen molar-refractivity contribution in [1.29, 1.82) is 0 Å². The minimum absolute atomic E-state index is 0.578. The van der Waals surface area contributed by atoms with Crippen LogP contribution in [0.1, 0.15) is 31.4 Å². The number of anilines is 1. The average Bonchev–Trinajstić information content (AvgIpc) is 2.48. The quantitative estimate of drug-likeness (QED) is 0.811. The number of nitrogens with one attached hydrogen (secondary N) is 1. The molecule has 1 nitrogen and oxygen atoms in total. The van der Waals surface area contributed by atoms with Crippen molar-refractivity contribution < 1.29 is 0 Å². The van der Waals surface area contributed by atoms with Gasteiger partial charge in [0.1, 0.15) is 0 Å². The topological polar surface area (TPSA) is 12.0 Å². The van der Waals surface area contributed by atoms with E-state index in [4.69, 9.17) is 0 Å². The van der Waals surface area contributed by atoms with Crippen LogP contribution in [0.25, 0.3) is 5.70 Å². The van der Waals surface area contributed by atoms with E-state index in [1.54, 1.807) is 0 Å². The van der Waals surface area contributed by atoms with Gasteiger partial charge in [0.25, 0.3) is 0 Å². The summed E-state index contributed by atoms with van der Waals surface area (Å²) >= 11 is 0. The molecule has 0 atom stereocenters. The lowest BCUT2D eigenvalue weighted by atomic mass is 9.84. The first-order valence-corrected chi connectivity index (χ1v) is 7.39. The summed E-state index contributed by atoms with van der Waals surface area (Å²) in [6.07, 6.45) is 2.31. The second kappa shape index (κ2) is 5.54. The summed E-state index contributed by atoms with van der Waals surface area (Å²) in [5.41, 5.74) is 6.83. The van der Waals surface area contributed by atoms with Gasteiger partial charge in [-0.1, -0.05) is 56.3 Å². The van der Waals surface area contributed by atoms with Crippen LogP contribution in [0, 0.1) is 5.92 Å². The first-order chi connectivity index (χ1) is 9.75. The largest absolute Gasteiger partial charge is 0.355 e. The number of allylic oxidation sites excluding steroid dienone is 1. The number of hydrogen-bond acceptors (Lipinski definition) is 1. The highest BCUT2D eigenvalue weighted by molar-refractivity contribution is 5.82. The molecule has 0 bridgehead atoms. The predicted octanol–water partition coefficient (Wildman–Crippen LogP) is 5.11. The molecule has 0 amide bonds. The summed E-state index contributed by atoms with van der Waals surface area (Å²) in [5, 5.41) is 3.65. The average molecular weight is 263 g/mol. The summed E-state index contributed by atoms with van der Waals surface area (Å²) in [4.78, 5) is 0. The highest BCUT2D eigenvalue weighted by atomic mass is 14.9. The van der Waals surface area contributed by atoms with Crippen molar-refractivity contribution in [3.8, 4) is 0 Å². The van der Waals surface area contributed by atoms with E-state index >= 15 is 0 Å². The van der Waals surface area contributed by atoms with Crippen LogP contribution in [0.4, 0.5) is 5.69 Å². The van der Waals surface area contributed by atoms with Crippen LogP contribution in [0.5, 0.6) is 0 Å². The molecule has 3 rings (SSSR count). The molecule has 0 saturated heterocycles. The minimum atomic E-state index is 0.578. The van der Waals surface area contributed by atoms with Gasteiger partial charge in [0.05, 0.1) is 0 Å². The SMILES string of the molecule is CC(C)C1=C(Nc2ccccc2)c2ccccc2CC1. The molecular formula is C19H21N. The van der Waals surface area contributed by atoms with E-state index in [1.807, 2.05) is 0 Å². The molecule has 1 N–H and O–H groups in total. The summed E-state index contributed by atoms with van der Waals surface area (Å²) < 4.78 is 0. The summed E-state index contributed by atoms with van der Waals surface area (Å²) in [6.45, 7) is 4.58. The van der Waals surface area contributed by atoms with Crippen molar-refractivity contribution in [2.45, 2.75) is 26.7 Å². The van der Waals surface area contributed by atoms with E-state index in [1.165, 1.54) is 22.4 Å². The second-order valence-corrected chi connectivity index (χ2v) is 5.70. The molecule has 1 aliphatic carbocycles. The van der Waals surface area contributed by atoms with Crippen molar-refractivity contribution in [2.24, 2.45) is 5.92 Å². The number of rotatable bonds is 3. The number of para-hydroxylation sites is 1. The number of hydrogen-bond donors (Lipinski definition) is 1. The number of benzene rings is 2. The van der Waals surface area contributed by atoms with E-state index in [2.05, 4.69) is 73.8 Å². The normalized spacial score (nSPS) is 14.3. The molecule has 0 fully saturated rings. The lowest BCUT2D eigenvalue weighted by Gasteiger charge is -2.26. The van der Waals surface area contributed by atoms with Gasteiger partial charge in [-0.05, 0) is 42.0 Å². The molecule has 0 heterocycles. The Balaban J connectivity index is 2.06.